The van der Waals surface area contributed by atoms with Crippen molar-refractivity contribution in [2.24, 2.45) is 0 Å². The Kier molecular flexibility index (Phi) is 16.0. The fraction of sp³-hybridized carbons (Fsp3) is 0. The van der Waals surface area contributed by atoms with Crippen LogP contribution in [0.4, 0.5) is 0 Å². The second-order valence-corrected chi connectivity index (χ2v) is 31.4. The molecule has 0 spiro atoms. The first-order chi connectivity index (χ1) is 61.4. The first-order valence-electron chi connectivity index (χ1n) is 41.4. The lowest BCUT2D eigenvalue weighted by atomic mass is 9.89. The summed E-state index contributed by atoms with van der Waals surface area (Å²) in [6, 6.07) is 133. The highest BCUT2D eigenvalue weighted by Crippen LogP contribution is 2.52. The van der Waals surface area contributed by atoms with Crippen LogP contribution in [0.2, 0.25) is 0 Å². The molecule has 576 valence electrons. The monoisotopic (exact) mass is 1580 g/mol. The molecule has 0 atom stereocenters. The van der Waals surface area contributed by atoms with Crippen LogP contribution in [0.15, 0.2) is 406 Å². The smallest absolute Gasteiger partial charge is 0.164 e. The highest BCUT2D eigenvalue weighted by atomic mass is 16.3. The Balaban J connectivity index is 0.000000136. The van der Waals surface area contributed by atoms with E-state index in [1.165, 1.54) is 5.39 Å². The largest absolute Gasteiger partial charge is 0.456 e. The molecular weight excluding hydrogens is 1520 g/mol. The zero-order valence-electron chi connectivity index (χ0n) is 66.2. The van der Waals surface area contributed by atoms with E-state index in [9.17, 15) is 0 Å². The fourth-order valence-corrected chi connectivity index (χ4v) is 18.5. The van der Waals surface area contributed by atoms with Crippen LogP contribution < -0.4 is 0 Å². The molecular formula is C112H64N8O4. The van der Waals surface area contributed by atoms with Crippen molar-refractivity contribution in [3.63, 3.8) is 0 Å². The third-order valence-electron chi connectivity index (χ3n) is 24.2. The number of para-hydroxylation sites is 8. The maximum atomic E-state index is 6.74. The van der Waals surface area contributed by atoms with E-state index in [-0.39, 0.29) is 0 Å². The van der Waals surface area contributed by atoms with Crippen molar-refractivity contribution in [2.45, 2.75) is 0 Å². The molecule has 26 aromatic rings. The van der Waals surface area contributed by atoms with E-state index in [0.29, 0.717) is 34.9 Å². The summed E-state index contributed by atoms with van der Waals surface area (Å²) < 4.78 is 26.9. The van der Waals surface area contributed by atoms with Crippen molar-refractivity contribution in [3.05, 3.63) is 388 Å². The summed E-state index contributed by atoms with van der Waals surface area (Å²) in [5, 5.41) is 19.3. The molecule has 0 saturated carbocycles. The number of hydrogen-bond donors (Lipinski definition) is 0. The van der Waals surface area contributed by atoms with Crippen LogP contribution in [0.1, 0.15) is 0 Å². The van der Waals surface area contributed by atoms with E-state index in [1.54, 1.807) is 0 Å². The highest BCUT2D eigenvalue weighted by molar-refractivity contribution is 6.32. The lowest BCUT2D eigenvalue weighted by molar-refractivity contribution is 0.668. The zero-order valence-corrected chi connectivity index (χ0v) is 66.2. The average Bonchev–Trinajstić information content (AvgIpc) is 1.41. The van der Waals surface area contributed by atoms with Crippen LogP contribution in [-0.2, 0) is 0 Å². The molecule has 0 aliphatic carbocycles. The second kappa shape index (κ2) is 28.4. The van der Waals surface area contributed by atoms with E-state index in [2.05, 4.69) is 279 Å². The van der Waals surface area contributed by atoms with Gasteiger partial charge in [0, 0.05) is 142 Å². The van der Waals surface area contributed by atoms with E-state index < -0.39 is 0 Å². The number of rotatable bonds is 10. The van der Waals surface area contributed by atoms with Crippen LogP contribution in [-0.4, -0.2) is 39.9 Å². The maximum Gasteiger partial charge on any atom is 0.164 e. The van der Waals surface area contributed by atoms with Gasteiger partial charge >= 0.3 is 0 Å². The summed E-state index contributed by atoms with van der Waals surface area (Å²) in [6.07, 6.45) is 0. The van der Waals surface area contributed by atoms with Gasteiger partial charge in [0.05, 0.1) is 22.4 Å². The van der Waals surface area contributed by atoms with Gasteiger partial charge in [-0.2, -0.15) is 0 Å². The molecule has 0 aliphatic heterocycles. The Morgan fingerprint density at radius 3 is 0.976 bits per heavy atom. The minimum Gasteiger partial charge on any atom is -0.456 e. The molecule has 12 heteroatoms. The molecule has 18 aromatic carbocycles. The molecule has 0 saturated heterocycles. The van der Waals surface area contributed by atoms with E-state index in [0.717, 1.165) is 225 Å². The number of fused-ring (bicyclic) bond motifs is 20. The van der Waals surface area contributed by atoms with Gasteiger partial charge < -0.3 is 17.7 Å². The van der Waals surface area contributed by atoms with Gasteiger partial charge in [-0.1, -0.05) is 334 Å². The lowest BCUT2D eigenvalue weighted by Crippen LogP contribution is -2.00. The van der Waals surface area contributed by atoms with E-state index >= 15 is 0 Å². The van der Waals surface area contributed by atoms with Crippen molar-refractivity contribution < 1.29 is 17.7 Å². The van der Waals surface area contributed by atoms with Crippen LogP contribution in [0.5, 0.6) is 0 Å². The van der Waals surface area contributed by atoms with Gasteiger partial charge in [0.1, 0.15) is 44.7 Å². The third-order valence-corrected chi connectivity index (χ3v) is 24.2. The Labute approximate surface area is 707 Å². The summed E-state index contributed by atoms with van der Waals surface area (Å²) in [5.41, 5.74) is 21.6. The van der Waals surface area contributed by atoms with Crippen LogP contribution in [0.3, 0.4) is 0 Å². The molecule has 8 aromatic heterocycles. The maximum absolute atomic E-state index is 6.74. The van der Waals surface area contributed by atoms with Gasteiger partial charge in [-0.05, 0) is 76.1 Å². The quantitative estimate of drug-likeness (QED) is 0.120. The average molecular weight is 1590 g/mol. The number of pyridine rings is 2. The predicted octanol–water partition coefficient (Wildman–Crippen LogP) is 29.7. The van der Waals surface area contributed by atoms with Crippen molar-refractivity contribution in [1.29, 1.82) is 0 Å². The van der Waals surface area contributed by atoms with Gasteiger partial charge in [0.2, 0.25) is 0 Å². The first-order valence-corrected chi connectivity index (χ1v) is 41.4. The minimum absolute atomic E-state index is 0.592. The Hall–Kier alpha value is -17.0. The minimum atomic E-state index is 0.592. The molecule has 124 heavy (non-hydrogen) atoms. The molecule has 8 heterocycles. The van der Waals surface area contributed by atoms with Crippen molar-refractivity contribution in [1.82, 2.24) is 39.9 Å². The summed E-state index contributed by atoms with van der Waals surface area (Å²) in [6.45, 7) is 0. The molecule has 26 rings (SSSR count). The Bertz CT molecular complexity index is 8870. The van der Waals surface area contributed by atoms with Crippen molar-refractivity contribution in [3.8, 4) is 113 Å². The van der Waals surface area contributed by atoms with Crippen LogP contribution in [0, 0.1) is 0 Å². The molecule has 0 N–H and O–H groups in total. The molecule has 0 unspecified atom stereocenters. The summed E-state index contributed by atoms with van der Waals surface area (Å²) in [5.74, 6) is 3.66. The number of benzene rings is 18. The van der Waals surface area contributed by atoms with Gasteiger partial charge in [0.15, 0.2) is 34.9 Å². The normalized spacial score (nSPS) is 11.9. The first kappa shape index (κ1) is 70.1. The van der Waals surface area contributed by atoms with Gasteiger partial charge in [-0.15, -0.1) is 0 Å². The van der Waals surface area contributed by atoms with Gasteiger partial charge in [0.25, 0.3) is 0 Å². The molecule has 0 amide bonds. The van der Waals surface area contributed by atoms with E-state index in [4.69, 9.17) is 57.5 Å². The van der Waals surface area contributed by atoms with E-state index in [1.807, 2.05) is 109 Å². The molecule has 0 radical (unpaired) electrons. The number of nitrogens with zero attached hydrogens (tertiary/aromatic N) is 8. The van der Waals surface area contributed by atoms with Gasteiger partial charge in [-0.25, -0.2) is 39.9 Å². The topological polar surface area (TPSA) is 156 Å². The standard InChI is InChI=1S/2C56H32N4O2/c1-2-15-35(16-3-1)54-58-55(60-56(59-54)40-23-12-17-33-14-4-5-18-37(33)40)36-30-28-34(29-31-36)52-44-32-48-50(42-21-8-11-27-47(42)61-48)51(49(44)41-20-6-9-25-45(41)57-52)43-24-13-22-39-38-19-7-10-26-46(38)62-53(39)43;1-2-14-35(15-3-1)54-58-55(60-56(59-54)38-30-25-33-13-4-5-16-37(33)31-38)36-28-26-34(27-29-36)52-44-32-48-50(42-19-8-11-24-47(42)61-48)51(49(44)41-18-6-9-22-45(41)57-52)43-21-12-20-40-39-17-7-10-23-46(39)62-53(40)43/h2*1-32H. The van der Waals surface area contributed by atoms with Crippen molar-refractivity contribution >= 4 is 153 Å². The molecule has 0 bridgehead atoms. The number of hydrogen-bond acceptors (Lipinski definition) is 12. The van der Waals surface area contributed by atoms with Crippen LogP contribution in [0.25, 0.3) is 266 Å². The zero-order chi connectivity index (χ0) is 81.5. The number of aromatic nitrogens is 8. The fourth-order valence-electron chi connectivity index (χ4n) is 18.5. The second-order valence-electron chi connectivity index (χ2n) is 31.4. The van der Waals surface area contributed by atoms with Gasteiger partial charge in [-0.3, -0.25) is 0 Å². The summed E-state index contributed by atoms with van der Waals surface area (Å²) in [7, 11) is 0. The Morgan fingerprint density at radius 1 is 0.161 bits per heavy atom. The predicted molar refractivity (Wildman–Crippen MR) is 504 cm³/mol. The SMILES string of the molecule is c1ccc(-c2nc(-c3ccc(-c4nc5ccccc5c5c(-c6cccc7c6oc6ccccc67)c6c(cc45)oc4ccccc46)cc3)nc(-c3ccc4ccccc4c3)n2)cc1.c1ccc(-c2nc(-c3ccc(-c4nc5ccccc5c5c(-c6cccc7c6oc6ccccc67)c6c(cc45)oc4ccccc46)cc3)nc(-c3cccc4ccccc34)n2)cc1. The number of furan rings is 4. The van der Waals surface area contributed by atoms with Crippen molar-refractivity contribution in [2.75, 3.05) is 0 Å². The third kappa shape index (κ3) is 11.5. The van der Waals surface area contributed by atoms with Crippen LogP contribution >= 0.6 is 0 Å². The molecule has 0 aliphatic rings. The molecule has 0 fully saturated rings. The molecule has 12 nitrogen and oxygen atoms in total. The summed E-state index contributed by atoms with van der Waals surface area (Å²) in [4.78, 5) is 41.1. The Morgan fingerprint density at radius 2 is 0.492 bits per heavy atom. The lowest BCUT2D eigenvalue weighted by Gasteiger charge is -2.16. The highest BCUT2D eigenvalue weighted by Gasteiger charge is 2.28. The summed E-state index contributed by atoms with van der Waals surface area (Å²) >= 11 is 0.